The van der Waals surface area contributed by atoms with Gasteiger partial charge in [-0.05, 0) is 18.8 Å². The van der Waals surface area contributed by atoms with E-state index in [0.29, 0.717) is 5.92 Å². The SMILES string of the molecule is CC(C)CCCCC(=O)[O-].[Ag+]. The van der Waals surface area contributed by atoms with Crippen LogP contribution in [0, 0.1) is 5.92 Å². The predicted octanol–water partition coefficient (Wildman–Crippen LogP) is 0.950. The largest absolute Gasteiger partial charge is 1.00 e. The third-order valence-electron chi connectivity index (χ3n) is 1.41. The van der Waals surface area contributed by atoms with Crippen LogP contribution in [0.1, 0.15) is 39.5 Å². The van der Waals surface area contributed by atoms with E-state index in [0.717, 1.165) is 19.3 Å². The normalized spacial score (nSPS) is 9.36. The van der Waals surface area contributed by atoms with Crippen LogP contribution in [0.15, 0.2) is 0 Å². The van der Waals surface area contributed by atoms with Crippen molar-refractivity contribution in [2.75, 3.05) is 0 Å². The Labute approximate surface area is 83.9 Å². The molecule has 0 heterocycles. The first-order chi connectivity index (χ1) is 4.63. The van der Waals surface area contributed by atoms with Crippen molar-refractivity contribution in [1.82, 2.24) is 0 Å². The quantitative estimate of drug-likeness (QED) is 0.539. The number of carboxylic acids is 1. The molecule has 0 bridgehead atoms. The minimum atomic E-state index is -0.927. The van der Waals surface area contributed by atoms with Gasteiger partial charge in [0, 0.05) is 5.97 Å². The molecular formula is C8H15AgO2. The van der Waals surface area contributed by atoms with Gasteiger partial charge in [-0.2, -0.15) is 0 Å². The molecule has 0 radical (unpaired) electrons. The second-order valence-corrected chi connectivity index (χ2v) is 3.01. The molecular weight excluding hydrogens is 236 g/mol. The number of carbonyl (C=O) groups excluding carboxylic acids is 1. The summed E-state index contributed by atoms with van der Waals surface area (Å²) in [6.07, 6.45) is 3.10. The van der Waals surface area contributed by atoms with Gasteiger partial charge in [-0.15, -0.1) is 0 Å². The van der Waals surface area contributed by atoms with Crippen LogP contribution in [0.25, 0.3) is 0 Å². The summed E-state index contributed by atoms with van der Waals surface area (Å²) in [4.78, 5) is 9.93. The monoisotopic (exact) mass is 250 g/mol. The summed E-state index contributed by atoms with van der Waals surface area (Å²) in [5.41, 5.74) is 0. The van der Waals surface area contributed by atoms with Crippen molar-refractivity contribution >= 4 is 5.97 Å². The first-order valence-corrected chi connectivity index (χ1v) is 3.82. The molecule has 0 aromatic heterocycles. The molecule has 0 amide bonds. The summed E-state index contributed by atoms with van der Waals surface area (Å²) >= 11 is 0. The molecule has 0 aromatic carbocycles. The van der Waals surface area contributed by atoms with Gasteiger partial charge in [-0.3, -0.25) is 0 Å². The molecule has 0 spiro atoms. The minimum Gasteiger partial charge on any atom is -0.550 e. The van der Waals surface area contributed by atoms with Crippen LogP contribution < -0.4 is 5.11 Å². The Bertz CT molecular complexity index is 102. The zero-order valence-electron chi connectivity index (χ0n) is 7.02. The molecule has 0 saturated carbocycles. The summed E-state index contributed by atoms with van der Waals surface area (Å²) in [5, 5.41) is 9.93. The second kappa shape index (κ2) is 8.31. The van der Waals surface area contributed by atoms with Gasteiger partial charge >= 0.3 is 22.4 Å². The van der Waals surface area contributed by atoms with Crippen LogP contribution >= 0.6 is 0 Å². The molecule has 0 saturated heterocycles. The van der Waals surface area contributed by atoms with E-state index in [9.17, 15) is 9.90 Å². The van der Waals surface area contributed by atoms with Gasteiger partial charge in [0.25, 0.3) is 0 Å². The maximum absolute atomic E-state index is 9.93. The number of aliphatic carboxylic acids is 1. The summed E-state index contributed by atoms with van der Waals surface area (Å²) in [5.74, 6) is -0.245. The summed E-state index contributed by atoms with van der Waals surface area (Å²) in [6.45, 7) is 4.28. The van der Waals surface area contributed by atoms with Crippen molar-refractivity contribution in [3.8, 4) is 0 Å². The molecule has 2 nitrogen and oxygen atoms in total. The second-order valence-electron chi connectivity index (χ2n) is 3.01. The maximum atomic E-state index is 9.93. The number of carboxylic acid groups (broad SMARTS) is 1. The minimum absolute atomic E-state index is 0. The Morgan fingerprint density at radius 1 is 1.36 bits per heavy atom. The van der Waals surface area contributed by atoms with Crippen molar-refractivity contribution < 1.29 is 32.3 Å². The van der Waals surface area contributed by atoms with Crippen molar-refractivity contribution in [1.29, 1.82) is 0 Å². The molecule has 0 fully saturated rings. The molecule has 0 unspecified atom stereocenters. The van der Waals surface area contributed by atoms with E-state index in [1.807, 2.05) is 0 Å². The number of unbranched alkanes of at least 4 members (excludes halogenated alkanes) is 1. The van der Waals surface area contributed by atoms with E-state index in [4.69, 9.17) is 0 Å². The number of carbonyl (C=O) groups is 1. The molecule has 70 valence electrons. The fraction of sp³-hybridized carbons (Fsp3) is 0.875. The summed E-state index contributed by atoms with van der Waals surface area (Å²) < 4.78 is 0. The third-order valence-corrected chi connectivity index (χ3v) is 1.41. The molecule has 0 aromatic rings. The van der Waals surface area contributed by atoms with Crippen LogP contribution in [0.5, 0.6) is 0 Å². The van der Waals surface area contributed by atoms with Crippen LogP contribution in [-0.4, -0.2) is 5.97 Å². The van der Waals surface area contributed by atoms with E-state index < -0.39 is 5.97 Å². The van der Waals surface area contributed by atoms with E-state index in [-0.39, 0.29) is 28.8 Å². The third kappa shape index (κ3) is 13.2. The van der Waals surface area contributed by atoms with E-state index >= 15 is 0 Å². The van der Waals surface area contributed by atoms with E-state index in [1.165, 1.54) is 0 Å². The average molecular weight is 251 g/mol. The standard InChI is InChI=1S/C8H16O2.Ag/c1-7(2)5-3-4-6-8(9)10;/h7H,3-6H2,1-2H3,(H,9,10);/q;+1/p-1. The number of rotatable bonds is 5. The topological polar surface area (TPSA) is 40.1 Å². The van der Waals surface area contributed by atoms with Gasteiger partial charge in [-0.25, -0.2) is 0 Å². The number of hydrogen-bond donors (Lipinski definition) is 0. The summed E-state index contributed by atoms with van der Waals surface area (Å²) in [6, 6.07) is 0. The Hall–Kier alpha value is 0.210. The van der Waals surface area contributed by atoms with Crippen LogP contribution in [0.3, 0.4) is 0 Å². The molecule has 0 atom stereocenters. The molecule has 0 aliphatic rings. The van der Waals surface area contributed by atoms with E-state index in [2.05, 4.69) is 13.8 Å². The van der Waals surface area contributed by atoms with Crippen molar-refractivity contribution in [2.45, 2.75) is 39.5 Å². The van der Waals surface area contributed by atoms with Crippen molar-refractivity contribution in [3.63, 3.8) is 0 Å². The zero-order chi connectivity index (χ0) is 7.98. The Balaban J connectivity index is 0. The van der Waals surface area contributed by atoms with Gasteiger partial charge in [0.15, 0.2) is 0 Å². The predicted molar refractivity (Wildman–Crippen MR) is 38.3 cm³/mol. The van der Waals surface area contributed by atoms with Gasteiger partial charge in [0.1, 0.15) is 0 Å². The van der Waals surface area contributed by atoms with Crippen LogP contribution in [-0.2, 0) is 27.2 Å². The van der Waals surface area contributed by atoms with E-state index in [1.54, 1.807) is 0 Å². The fourth-order valence-electron chi connectivity index (χ4n) is 0.822. The Morgan fingerprint density at radius 2 is 1.91 bits per heavy atom. The molecule has 0 N–H and O–H groups in total. The first kappa shape index (κ1) is 13.8. The zero-order valence-corrected chi connectivity index (χ0v) is 8.51. The Morgan fingerprint density at radius 3 is 2.27 bits per heavy atom. The van der Waals surface area contributed by atoms with Gasteiger partial charge < -0.3 is 9.90 Å². The maximum Gasteiger partial charge on any atom is 1.00 e. The fourth-order valence-corrected chi connectivity index (χ4v) is 0.822. The Kier molecular flexibility index (Phi) is 10.4. The van der Waals surface area contributed by atoms with Gasteiger partial charge in [-0.1, -0.05) is 26.7 Å². The van der Waals surface area contributed by atoms with Gasteiger partial charge in [0.05, 0.1) is 0 Å². The van der Waals surface area contributed by atoms with Crippen LogP contribution in [0.2, 0.25) is 0 Å². The summed E-state index contributed by atoms with van der Waals surface area (Å²) in [7, 11) is 0. The molecule has 0 rings (SSSR count). The number of hydrogen-bond acceptors (Lipinski definition) is 2. The first-order valence-electron chi connectivity index (χ1n) is 3.82. The smallest absolute Gasteiger partial charge is 0.550 e. The van der Waals surface area contributed by atoms with Crippen molar-refractivity contribution in [2.24, 2.45) is 5.92 Å². The molecule has 0 aliphatic heterocycles. The van der Waals surface area contributed by atoms with Gasteiger partial charge in [0.2, 0.25) is 0 Å². The average Bonchev–Trinajstić information content (AvgIpc) is 1.79. The molecule has 11 heavy (non-hydrogen) atoms. The molecule has 3 heteroatoms. The van der Waals surface area contributed by atoms with Crippen molar-refractivity contribution in [3.05, 3.63) is 0 Å². The van der Waals surface area contributed by atoms with Crippen LogP contribution in [0.4, 0.5) is 0 Å². The molecule has 0 aliphatic carbocycles.